The first-order chi connectivity index (χ1) is 8.60. The van der Waals surface area contributed by atoms with Gasteiger partial charge < -0.3 is 14.9 Å². The Morgan fingerprint density at radius 3 is 2.50 bits per heavy atom. The second-order valence-corrected chi connectivity index (χ2v) is 3.25. The molecule has 1 aromatic carbocycles. The van der Waals surface area contributed by atoms with E-state index in [-0.39, 0.29) is 23.2 Å². The molecule has 0 aliphatic carbocycles. The van der Waals surface area contributed by atoms with Gasteiger partial charge in [-0.15, -0.1) is 0 Å². The lowest BCUT2D eigenvalue weighted by molar-refractivity contribution is -0.0498. The van der Waals surface area contributed by atoms with E-state index < -0.39 is 6.61 Å². The number of nitrogen functional groups attached to an aromatic ring is 1. The van der Waals surface area contributed by atoms with Gasteiger partial charge in [-0.1, -0.05) is 0 Å². The molecule has 2 N–H and O–H groups in total. The molecule has 0 radical (unpaired) electrons. The van der Waals surface area contributed by atoms with Gasteiger partial charge in [-0.25, -0.2) is 0 Å². The number of alkyl halides is 2. The maximum absolute atomic E-state index is 11.9. The van der Waals surface area contributed by atoms with Gasteiger partial charge in [0.05, 0.1) is 0 Å². The second-order valence-electron chi connectivity index (χ2n) is 3.25. The predicted molar refractivity (Wildman–Crippen MR) is 57.7 cm³/mol. The number of ether oxygens (including phenoxy) is 1. The van der Waals surface area contributed by atoms with Crippen molar-refractivity contribution in [2.24, 2.45) is 0 Å². The first-order valence-electron chi connectivity index (χ1n) is 4.82. The lowest BCUT2D eigenvalue weighted by Gasteiger charge is -2.03. The molecule has 2 rings (SSSR count). The Balaban J connectivity index is 2.26. The number of nitrogens with two attached hydrogens (primary N) is 1. The summed E-state index contributed by atoms with van der Waals surface area (Å²) in [6, 6.07) is 7.40. The first kappa shape index (κ1) is 11.9. The Morgan fingerprint density at radius 2 is 2.00 bits per heavy atom. The molecule has 0 spiro atoms. The maximum atomic E-state index is 11.9. The van der Waals surface area contributed by atoms with Crippen LogP contribution in [0.3, 0.4) is 0 Å². The zero-order valence-electron chi connectivity index (χ0n) is 8.93. The zero-order chi connectivity index (χ0) is 13.1. The zero-order valence-corrected chi connectivity index (χ0v) is 8.93. The molecule has 0 saturated heterocycles. The van der Waals surface area contributed by atoms with Gasteiger partial charge in [0.1, 0.15) is 11.8 Å². The Kier molecular flexibility index (Phi) is 3.10. The number of benzene rings is 1. The van der Waals surface area contributed by atoms with Crippen molar-refractivity contribution in [1.82, 2.24) is 4.98 Å². The number of aromatic nitrogens is 1. The monoisotopic (exact) mass is 251 g/mol. The highest BCUT2D eigenvalue weighted by Crippen LogP contribution is 2.25. The third kappa shape index (κ3) is 2.38. The van der Waals surface area contributed by atoms with Gasteiger partial charge in [0.15, 0.2) is 0 Å². The van der Waals surface area contributed by atoms with Gasteiger partial charge in [0.25, 0.3) is 0 Å². The number of hydrogen-bond donors (Lipinski definition) is 1. The van der Waals surface area contributed by atoms with E-state index >= 15 is 0 Å². The molecular formula is C11H7F2N3O2. The van der Waals surface area contributed by atoms with Crippen LogP contribution in [0.5, 0.6) is 5.75 Å². The number of nitriles is 1. The lowest BCUT2D eigenvalue weighted by Crippen LogP contribution is -2.01. The smallest absolute Gasteiger partial charge is 0.387 e. The summed E-state index contributed by atoms with van der Waals surface area (Å²) in [5, 5.41) is 8.67. The third-order valence-corrected chi connectivity index (χ3v) is 2.09. The summed E-state index contributed by atoms with van der Waals surface area (Å²) in [6.45, 7) is -2.88. The summed E-state index contributed by atoms with van der Waals surface area (Å²) in [4.78, 5) is 3.85. The molecule has 1 heterocycles. The van der Waals surface area contributed by atoms with Crippen molar-refractivity contribution in [2.45, 2.75) is 6.61 Å². The van der Waals surface area contributed by atoms with E-state index in [2.05, 4.69) is 9.72 Å². The average molecular weight is 251 g/mol. The van der Waals surface area contributed by atoms with E-state index in [0.717, 1.165) is 0 Å². The van der Waals surface area contributed by atoms with E-state index in [4.69, 9.17) is 15.4 Å². The van der Waals surface area contributed by atoms with Gasteiger partial charge in [0.2, 0.25) is 17.5 Å². The van der Waals surface area contributed by atoms with E-state index in [1.165, 1.54) is 24.3 Å². The Hall–Kier alpha value is -2.62. The second kappa shape index (κ2) is 4.71. The SMILES string of the molecule is N#Cc1nc(-c2ccc(OC(F)F)cc2)oc1N. The summed E-state index contributed by atoms with van der Waals surface area (Å²) < 4.78 is 33.1. The highest BCUT2D eigenvalue weighted by molar-refractivity contribution is 5.58. The van der Waals surface area contributed by atoms with Gasteiger partial charge in [0, 0.05) is 5.56 Å². The number of hydrogen-bond acceptors (Lipinski definition) is 5. The predicted octanol–water partition coefficient (Wildman–Crippen LogP) is 2.40. The highest BCUT2D eigenvalue weighted by Gasteiger charge is 2.12. The molecule has 5 nitrogen and oxygen atoms in total. The van der Waals surface area contributed by atoms with Crippen LogP contribution in [0, 0.1) is 11.3 Å². The molecule has 92 valence electrons. The standard InChI is InChI=1S/C11H7F2N3O2/c12-11(13)17-7-3-1-6(2-4-7)10-16-8(5-14)9(15)18-10/h1-4,11H,15H2. The van der Waals surface area contributed by atoms with Crippen molar-refractivity contribution >= 4 is 5.88 Å². The molecule has 7 heteroatoms. The number of nitrogens with zero attached hydrogens (tertiary/aromatic N) is 2. The minimum absolute atomic E-state index is 0.0158. The third-order valence-electron chi connectivity index (χ3n) is 2.09. The van der Waals surface area contributed by atoms with Crippen LogP contribution >= 0.6 is 0 Å². The summed E-state index contributed by atoms with van der Waals surface area (Å²) >= 11 is 0. The Morgan fingerprint density at radius 1 is 1.33 bits per heavy atom. The molecular weight excluding hydrogens is 244 g/mol. The average Bonchev–Trinajstić information content (AvgIpc) is 2.71. The molecule has 0 aliphatic heterocycles. The molecule has 0 aliphatic rings. The van der Waals surface area contributed by atoms with Crippen LogP contribution in [0.15, 0.2) is 28.7 Å². The Labute approximate surface area is 100 Å². The molecule has 0 unspecified atom stereocenters. The fourth-order valence-corrected chi connectivity index (χ4v) is 1.31. The van der Waals surface area contributed by atoms with Crippen LogP contribution in [0.2, 0.25) is 0 Å². The summed E-state index contributed by atoms with van der Waals surface area (Å²) in [7, 11) is 0. The molecule has 0 amide bonds. The number of rotatable bonds is 3. The van der Waals surface area contributed by atoms with Crippen LogP contribution < -0.4 is 10.5 Å². The number of halogens is 2. The fourth-order valence-electron chi connectivity index (χ4n) is 1.31. The summed E-state index contributed by atoms with van der Waals surface area (Å²) in [5.41, 5.74) is 5.90. The van der Waals surface area contributed by atoms with Crippen LogP contribution in [0.25, 0.3) is 11.5 Å². The molecule has 0 bridgehead atoms. The van der Waals surface area contributed by atoms with E-state index in [1.807, 2.05) is 0 Å². The number of oxazole rings is 1. The van der Waals surface area contributed by atoms with Gasteiger partial charge in [-0.3, -0.25) is 0 Å². The van der Waals surface area contributed by atoms with Crippen molar-refractivity contribution in [1.29, 1.82) is 5.26 Å². The summed E-state index contributed by atoms with van der Waals surface area (Å²) in [6.07, 6.45) is 0. The normalized spacial score (nSPS) is 10.3. The molecule has 0 fully saturated rings. The van der Waals surface area contributed by atoms with E-state index in [9.17, 15) is 8.78 Å². The minimum atomic E-state index is -2.88. The van der Waals surface area contributed by atoms with Crippen molar-refractivity contribution in [2.75, 3.05) is 5.73 Å². The van der Waals surface area contributed by atoms with E-state index in [1.54, 1.807) is 6.07 Å². The lowest BCUT2D eigenvalue weighted by atomic mass is 10.2. The Bertz CT molecular complexity index is 587. The number of anilines is 1. The molecule has 18 heavy (non-hydrogen) atoms. The van der Waals surface area contributed by atoms with Crippen LogP contribution in [-0.2, 0) is 0 Å². The summed E-state index contributed by atoms with van der Waals surface area (Å²) in [5.74, 6) is 0.0850. The van der Waals surface area contributed by atoms with Crippen LogP contribution in [0.1, 0.15) is 5.69 Å². The van der Waals surface area contributed by atoms with Crippen molar-refractivity contribution in [3.05, 3.63) is 30.0 Å². The molecule has 0 saturated carbocycles. The van der Waals surface area contributed by atoms with Gasteiger partial charge in [-0.05, 0) is 24.3 Å². The van der Waals surface area contributed by atoms with Gasteiger partial charge >= 0.3 is 6.61 Å². The largest absolute Gasteiger partial charge is 0.435 e. The van der Waals surface area contributed by atoms with Gasteiger partial charge in [-0.2, -0.15) is 19.0 Å². The molecule has 0 atom stereocenters. The molecule has 2 aromatic rings. The van der Waals surface area contributed by atoms with Crippen LogP contribution in [-0.4, -0.2) is 11.6 Å². The fraction of sp³-hybridized carbons (Fsp3) is 0.0909. The molecule has 1 aromatic heterocycles. The quantitative estimate of drug-likeness (QED) is 0.905. The van der Waals surface area contributed by atoms with Crippen LogP contribution in [0.4, 0.5) is 14.7 Å². The van der Waals surface area contributed by atoms with Crippen molar-refractivity contribution in [3.8, 4) is 23.3 Å². The maximum Gasteiger partial charge on any atom is 0.387 e. The topological polar surface area (TPSA) is 85.1 Å². The van der Waals surface area contributed by atoms with E-state index in [0.29, 0.717) is 5.56 Å². The highest BCUT2D eigenvalue weighted by atomic mass is 19.3. The van der Waals surface area contributed by atoms with Crippen molar-refractivity contribution in [3.63, 3.8) is 0 Å². The first-order valence-corrected chi connectivity index (χ1v) is 4.82. The van der Waals surface area contributed by atoms with Crippen molar-refractivity contribution < 1.29 is 17.9 Å². The minimum Gasteiger partial charge on any atom is -0.435 e.